The van der Waals surface area contributed by atoms with Gasteiger partial charge in [-0.3, -0.25) is 0 Å². The number of rotatable bonds is 4. The van der Waals surface area contributed by atoms with Crippen molar-refractivity contribution in [2.24, 2.45) is 40.4 Å². The highest BCUT2D eigenvalue weighted by Crippen LogP contribution is 2.68. The maximum Gasteiger partial charge on any atom is 0.0656 e. The quantitative estimate of drug-likeness (QED) is 0.696. The van der Waals surface area contributed by atoms with Crippen molar-refractivity contribution in [3.63, 3.8) is 0 Å². The summed E-state index contributed by atoms with van der Waals surface area (Å²) in [6, 6.07) is 2.02. The summed E-state index contributed by atoms with van der Waals surface area (Å²) in [4.78, 5) is 0. The number of aromatic nitrogens is 2. The molecule has 4 fully saturated rings. The third-order valence-corrected chi connectivity index (χ3v) is 11.0. The molecule has 9 atom stereocenters. The van der Waals surface area contributed by atoms with Gasteiger partial charge in [-0.2, -0.15) is 10.2 Å². The third-order valence-electron chi connectivity index (χ3n) is 11.0. The molecule has 4 saturated carbocycles. The Morgan fingerprint density at radius 3 is 2.55 bits per heavy atom. The standard InChI is InChI=1S/C27H42N2O2/c1-25-12-9-20(30)16-19(25)4-5-21-22-6-7-24(26(22,2)13-10-23(21)25)27(3,31)14-8-18-11-15-28-29-17-18/h11,15,17,19-24,30-31H,4-10,12-14,16H2,1-3H3/t19?,20-,21-,22-,23-,24-,25-,26-,27?/m0/s1. The van der Waals surface area contributed by atoms with Crippen molar-refractivity contribution in [2.45, 2.75) is 103 Å². The van der Waals surface area contributed by atoms with Crippen LogP contribution < -0.4 is 0 Å². The summed E-state index contributed by atoms with van der Waals surface area (Å²) in [5, 5.41) is 29.8. The highest BCUT2D eigenvalue weighted by molar-refractivity contribution is 5.13. The number of aryl methyl sites for hydroxylation is 1. The van der Waals surface area contributed by atoms with Gasteiger partial charge in [-0.1, -0.05) is 13.8 Å². The predicted octanol–water partition coefficient (Wildman–Crippen LogP) is 5.18. The molecule has 2 unspecified atom stereocenters. The van der Waals surface area contributed by atoms with Gasteiger partial charge < -0.3 is 10.2 Å². The molecule has 1 aromatic rings. The van der Waals surface area contributed by atoms with Gasteiger partial charge in [0.15, 0.2) is 0 Å². The van der Waals surface area contributed by atoms with E-state index in [1.807, 2.05) is 12.3 Å². The molecule has 1 aromatic heterocycles. The Hall–Kier alpha value is -1.00. The molecule has 5 rings (SSSR count). The van der Waals surface area contributed by atoms with Crippen LogP contribution in [0.2, 0.25) is 0 Å². The summed E-state index contributed by atoms with van der Waals surface area (Å²) >= 11 is 0. The highest BCUT2D eigenvalue weighted by Gasteiger charge is 2.62. The van der Waals surface area contributed by atoms with Crippen LogP contribution >= 0.6 is 0 Å². The monoisotopic (exact) mass is 426 g/mol. The van der Waals surface area contributed by atoms with E-state index in [-0.39, 0.29) is 11.5 Å². The van der Waals surface area contributed by atoms with E-state index < -0.39 is 5.60 Å². The van der Waals surface area contributed by atoms with E-state index in [9.17, 15) is 10.2 Å². The average Bonchev–Trinajstić information content (AvgIpc) is 3.12. The van der Waals surface area contributed by atoms with Gasteiger partial charge >= 0.3 is 0 Å². The van der Waals surface area contributed by atoms with Gasteiger partial charge in [-0.15, -0.1) is 0 Å². The second-order valence-electron chi connectivity index (χ2n) is 12.4. The molecule has 31 heavy (non-hydrogen) atoms. The number of hydrogen-bond acceptors (Lipinski definition) is 4. The van der Waals surface area contributed by atoms with Crippen LogP contribution in [0.25, 0.3) is 0 Å². The van der Waals surface area contributed by atoms with Gasteiger partial charge in [0.2, 0.25) is 0 Å². The van der Waals surface area contributed by atoms with Crippen LogP contribution in [0.5, 0.6) is 0 Å². The van der Waals surface area contributed by atoms with Gasteiger partial charge in [-0.25, -0.2) is 0 Å². The first-order chi connectivity index (χ1) is 14.7. The summed E-state index contributed by atoms with van der Waals surface area (Å²) in [5.74, 6) is 3.51. The van der Waals surface area contributed by atoms with Crippen molar-refractivity contribution < 1.29 is 10.2 Å². The maximum atomic E-state index is 11.7. The van der Waals surface area contributed by atoms with Gasteiger partial charge in [0.1, 0.15) is 0 Å². The number of fused-ring (bicyclic) bond motifs is 5. The van der Waals surface area contributed by atoms with Crippen molar-refractivity contribution >= 4 is 0 Å². The third kappa shape index (κ3) is 3.57. The molecule has 4 aliphatic rings. The van der Waals surface area contributed by atoms with Crippen LogP contribution in [0.1, 0.15) is 90.5 Å². The van der Waals surface area contributed by atoms with Crippen LogP contribution in [0, 0.1) is 40.4 Å². The molecule has 0 spiro atoms. The van der Waals surface area contributed by atoms with Crippen molar-refractivity contribution in [3.8, 4) is 0 Å². The van der Waals surface area contributed by atoms with Crippen LogP contribution in [-0.2, 0) is 6.42 Å². The Balaban J connectivity index is 1.33. The second kappa shape index (κ2) is 7.80. The Morgan fingerprint density at radius 2 is 1.77 bits per heavy atom. The molecule has 172 valence electrons. The highest BCUT2D eigenvalue weighted by atomic mass is 16.3. The topological polar surface area (TPSA) is 66.2 Å². The van der Waals surface area contributed by atoms with Crippen molar-refractivity contribution in [1.29, 1.82) is 0 Å². The molecule has 0 radical (unpaired) electrons. The second-order valence-corrected chi connectivity index (χ2v) is 12.4. The number of hydrogen-bond donors (Lipinski definition) is 2. The zero-order chi connectivity index (χ0) is 21.9. The van der Waals surface area contributed by atoms with E-state index >= 15 is 0 Å². The van der Waals surface area contributed by atoms with Crippen LogP contribution in [0.15, 0.2) is 18.5 Å². The predicted molar refractivity (Wildman–Crippen MR) is 122 cm³/mol. The number of nitrogens with zero attached hydrogens (tertiary/aromatic N) is 2. The summed E-state index contributed by atoms with van der Waals surface area (Å²) in [7, 11) is 0. The van der Waals surface area contributed by atoms with E-state index in [1.54, 1.807) is 6.20 Å². The van der Waals surface area contributed by atoms with Gasteiger partial charge in [0.25, 0.3) is 0 Å². The summed E-state index contributed by atoms with van der Waals surface area (Å²) < 4.78 is 0. The first kappa shape index (κ1) is 21.8. The fourth-order valence-corrected chi connectivity index (χ4v) is 9.29. The molecular formula is C27H42N2O2. The van der Waals surface area contributed by atoms with E-state index in [0.29, 0.717) is 11.3 Å². The molecular weight excluding hydrogens is 384 g/mol. The largest absolute Gasteiger partial charge is 0.393 e. The molecule has 4 heteroatoms. The normalized spacial score (nSPS) is 46.5. The maximum absolute atomic E-state index is 11.7. The van der Waals surface area contributed by atoms with Crippen molar-refractivity contribution in [1.82, 2.24) is 10.2 Å². The van der Waals surface area contributed by atoms with Crippen LogP contribution in [0.3, 0.4) is 0 Å². The lowest BCUT2D eigenvalue weighted by molar-refractivity contribution is -0.144. The summed E-state index contributed by atoms with van der Waals surface area (Å²) in [6.07, 6.45) is 16.1. The molecule has 4 nitrogen and oxygen atoms in total. The van der Waals surface area contributed by atoms with Crippen LogP contribution in [-0.4, -0.2) is 32.1 Å². The molecule has 0 aliphatic heterocycles. The Bertz CT molecular complexity index is 783. The molecule has 1 heterocycles. The summed E-state index contributed by atoms with van der Waals surface area (Å²) in [5.41, 5.74) is 1.23. The molecule has 0 saturated heterocycles. The smallest absolute Gasteiger partial charge is 0.0656 e. The van der Waals surface area contributed by atoms with E-state index in [4.69, 9.17) is 0 Å². The Morgan fingerprint density at radius 1 is 1.00 bits per heavy atom. The van der Waals surface area contributed by atoms with Gasteiger partial charge in [0, 0.05) is 6.20 Å². The Labute approximate surface area is 188 Å². The molecule has 0 bridgehead atoms. The van der Waals surface area contributed by atoms with E-state index in [2.05, 4.69) is 31.0 Å². The minimum absolute atomic E-state index is 0.0648. The lowest BCUT2D eigenvalue weighted by Gasteiger charge is -2.61. The zero-order valence-corrected chi connectivity index (χ0v) is 19.8. The summed E-state index contributed by atoms with van der Waals surface area (Å²) in [6.45, 7) is 7.19. The molecule has 2 N–H and O–H groups in total. The lowest BCUT2D eigenvalue weighted by atomic mass is 9.44. The van der Waals surface area contributed by atoms with E-state index in [0.717, 1.165) is 49.4 Å². The SMILES string of the molecule is CC(O)(CCc1ccnnc1)[C@H]1CC[C@H]2[C@@H]3CCC4C[C@@H](O)CC[C@]4(C)[C@H]3CC[C@]12C. The minimum atomic E-state index is -0.629. The van der Waals surface area contributed by atoms with Gasteiger partial charge in [0.05, 0.1) is 17.9 Å². The lowest BCUT2D eigenvalue weighted by Crippen LogP contribution is -2.55. The Kier molecular flexibility index (Phi) is 5.49. The minimum Gasteiger partial charge on any atom is -0.393 e. The molecule has 0 amide bonds. The zero-order valence-electron chi connectivity index (χ0n) is 19.8. The van der Waals surface area contributed by atoms with Gasteiger partial charge in [-0.05, 0) is 130 Å². The fourth-order valence-electron chi connectivity index (χ4n) is 9.29. The first-order valence-electron chi connectivity index (χ1n) is 12.9. The number of aliphatic hydroxyl groups excluding tert-OH is 1. The van der Waals surface area contributed by atoms with E-state index in [1.165, 1.54) is 50.5 Å². The molecule has 4 aliphatic carbocycles. The first-order valence-corrected chi connectivity index (χ1v) is 12.9. The van der Waals surface area contributed by atoms with Crippen LogP contribution in [0.4, 0.5) is 0 Å². The average molecular weight is 427 g/mol. The fraction of sp³-hybridized carbons (Fsp3) is 0.852. The number of aliphatic hydroxyl groups is 2. The van der Waals surface area contributed by atoms with Crippen molar-refractivity contribution in [2.75, 3.05) is 0 Å². The van der Waals surface area contributed by atoms with Crippen molar-refractivity contribution in [3.05, 3.63) is 24.0 Å². The molecule has 0 aromatic carbocycles.